The standard InChI is InChI=1S/C25H31N3O3/c1-28(18-22-6-3-2-4-7-22)19-23(29)20-31-24-11-9-21(10-12-24)16-27-14-15-30-25-8-5-13-26-17-25/h2-13,17,23,27,29H,14-16,18-20H2,1H3/t23-/m0/s1. The molecule has 3 aromatic rings. The monoisotopic (exact) mass is 421 g/mol. The number of ether oxygens (including phenoxy) is 2. The molecule has 164 valence electrons. The molecule has 0 unspecified atom stereocenters. The summed E-state index contributed by atoms with van der Waals surface area (Å²) in [5.41, 5.74) is 2.39. The molecule has 3 rings (SSSR count). The van der Waals surface area contributed by atoms with Crippen molar-refractivity contribution in [2.45, 2.75) is 19.2 Å². The summed E-state index contributed by atoms with van der Waals surface area (Å²) in [5, 5.41) is 13.6. The molecule has 6 nitrogen and oxygen atoms in total. The number of pyridine rings is 1. The predicted octanol–water partition coefficient (Wildman–Crippen LogP) is 3.12. The lowest BCUT2D eigenvalue weighted by atomic mass is 10.2. The van der Waals surface area contributed by atoms with Crippen molar-refractivity contribution in [3.63, 3.8) is 0 Å². The van der Waals surface area contributed by atoms with Crippen LogP contribution in [0.4, 0.5) is 0 Å². The van der Waals surface area contributed by atoms with E-state index in [0.29, 0.717) is 13.2 Å². The highest BCUT2D eigenvalue weighted by atomic mass is 16.5. The van der Waals surface area contributed by atoms with Crippen LogP contribution in [0.3, 0.4) is 0 Å². The van der Waals surface area contributed by atoms with Gasteiger partial charge in [0.25, 0.3) is 0 Å². The molecule has 0 saturated carbocycles. The number of hydrogen-bond donors (Lipinski definition) is 2. The van der Waals surface area contributed by atoms with Crippen molar-refractivity contribution < 1.29 is 14.6 Å². The molecule has 0 aliphatic carbocycles. The number of nitrogens with one attached hydrogen (secondary N) is 1. The fourth-order valence-corrected chi connectivity index (χ4v) is 3.17. The van der Waals surface area contributed by atoms with Crippen molar-refractivity contribution in [1.82, 2.24) is 15.2 Å². The lowest BCUT2D eigenvalue weighted by Crippen LogP contribution is -2.32. The molecule has 0 amide bonds. The van der Waals surface area contributed by atoms with Crippen molar-refractivity contribution in [3.05, 3.63) is 90.3 Å². The van der Waals surface area contributed by atoms with Crippen LogP contribution in [0, 0.1) is 0 Å². The molecular formula is C25H31N3O3. The summed E-state index contributed by atoms with van der Waals surface area (Å²) in [4.78, 5) is 6.11. The van der Waals surface area contributed by atoms with Crippen LogP contribution < -0.4 is 14.8 Å². The molecule has 0 spiro atoms. The van der Waals surface area contributed by atoms with Gasteiger partial charge in [-0.1, -0.05) is 42.5 Å². The maximum absolute atomic E-state index is 10.3. The van der Waals surface area contributed by atoms with Crippen molar-refractivity contribution in [2.75, 3.05) is 33.4 Å². The highest BCUT2D eigenvalue weighted by Gasteiger charge is 2.10. The Morgan fingerprint density at radius 2 is 1.74 bits per heavy atom. The van der Waals surface area contributed by atoms with E-state index in [4.69, 9.17) is 9.47 Å². The molecule has 0 saturated heterocycles. The zero-order valence-corrected chi connectivity index (χ0v) is 18.0. The van der Waals surface area contributed by atoms with Gasteiger partial charge in [0, 0.05) is 32.4 Å². The first-order valence-corrected chi connectivity index (χ1v) is 10.5. The van der Waals surface area contributed by atoms with E-state index in [9.17, 15) is 5.11 Å². The van der Waals surface area contributed by atoms with E-state index in [-0.39, 0.29) is 6.61 Å². The Hall–Kier alpha value is -2.93. The molecule has 6 heteroatoms. The van der Waals surface area contributed by atoms with Crippen LogP contribution in [-0.2, 0) is 13.1 Å². The van der Waals surface area contributed by atoms with Gasteiger partial charge in [0.2, 0.25) is 0 Å². The van der Waals surface area contributed by atoms with Gasteiger partial charge in [-0.15, -0.1) is 0 Å². The first kappa shape index (κ1) is 22.7. The number of aliphatic hydroxyl groups excluding tert-OH is 1. The Kier molecular flexibility index (Phi) is 9.32. The lowest BCUT2D eigenvalue weighted by molar-refractivity contribution is 0.0744. The summed E-state index contributed by atoms with van der Waals surface area (Å²) >= 11 is 0. The van der Waals surface area contributed by atoms with Gasteiger partial charge in [-0.3, -0.25) is 9.88 Å². The molecule has 0 aliphatic rings. The third-order valence-electron chi connectivity index (χ3n) is 4.69. The summed E-state index contributed by atoms with van der Waals surface area (Å²) in [6.45, 7) is 3.70. The van der Waals surface area contributed by atoms with Gasteiger partial charge < -0.3 is 19.9 Å². The Morgan fingerprint density at radius 3 is 2.48 bits per heavy atom. The van der Waals surface area contributed by atoms with Crippen molar-refractivity contribution >= 4 is 0 Å². The van der Waals surface area contributed by atoms with Gasteiger partial charge in [0.1, 0.15) is 30.8 Å². The third kappa shape index (κ3) is 8.76. The Bertz CT molecular complexity index is 860. The lowest BCUT2D eigenvalue weighted by Gasteiger charge is -2.21. The summed E-state index contributed by atoms with van der Waals surface area (Å²) < 4.78 is 11.3. The fraction of sp³-hybridized carbons (Fsp3) is 0.320. The van der Waals surface area contributed by atoms with Gasteiger partial charge in [0.05, 0.1) is 6.20 Å². The highest BCUT2D eigenvalue weighted by Crippen LogP contribution is 2.13. The third-order valence-corrected chi connectivity index (χ3v) is 4.69. The smallest absolute Gasteiger partial charge is 0.137 e. The molecule has 31 heavy (non-hydrogen) atoms. The number of nitrogens with zero attached hydrogens (tertiary/aromatic N) is 2. The van der Waals surface area contributed by atoms with Gasteiger partial charge in [0.15, 0.2) is 0 Å². The molecule has 1 atom stereocenters. The van der Waals surface area contributed by atoms with Crippen LogP contribution in [0.25, 0.3) is 0 Å². The van der Waals surface area contributed by atoms with E-state index >= 15 is 0 Å². The van der Waals surface area contributed by atoms with Crippen molar-refractivity contribution in [1.29, 1.82) is 0 Å². The van der Waals surface area contributed by atoms with E-state index in [0.717, 1.165) is 36.7 Å². The van der Waals surface area contributed by atoms with E-state index in [1.807, 2.05) is 61.6 Å². The second-order valence-electron chi connectivity index (χ2n) is 7.51. The minimum absolute atomic E-state index is 0.266. The number of hydrogen-bond acceptors (Lipinski definition) is 6. The van der Waals surface area contributed by atoms with Crippen molar-refractivity contribution in [2.24, 2.45) is 0 Å². The molecule has 0 radical (unpaired) electrons. The van der Waals surface area contributed by atoms with Crippen LogP contribution in [0.15, 0.2) is 79.1 Å². The zero-order chi connectivity index (χ0) is 21.7. The first-order valence-electron chi connectivity index (χ1n) is 10.5. The molecule has 0 aliphatic heterocycles. The number of aromatic nitrogens is 1. The largest absolute Gasteiger partial charge is 0.491 e. The topological polar surface area (TPSA) is 66.9 Å². The summed E-state index contributed by atoms with van der Waals surface area (Å²) in [6, 6.07) is 21.9. The minimum atomic E-state index is -0.546. The molecule has 1 heterocycles. The second kappa shape index (κ2) is 12.7. The van der Waals surface area contributed by atoms with Gasteiger partial charge >= 0.3 is 0 Å². The Balaban J connectivity index is 1.29. The normalized spacial score (nSPS) is 12.0. The molecule has 0 bridgehead atoms. The number of rotatable bonds is 13. The highest BCUT2D eigenvalue weighted by molar-refractivity contribution is 5.27. The number of aliphatic hydroxyl groups is 1. The minimum Gasteiger partial charge on any atom is -0.491 e. The summed E-state index contributed by atoms with van der Waals surface area (Å²) in [6.07, 6.45) is 2.88. The Morgan fingerprint density at radius 1 is 0.935 bits per heavy atom. The van der Waals surface area contributed by atoms with Crippen LogP contribution in [0.1, 0.15) is 11.1 Å². The van der Waals surface area contributed by atoms with E-state index in [1.54, 1.807) is 12.4 Å². The number of benzene rings is 2. The molecular weight excluding hydrogens is 390 g/mol. The van der Waals surface area contributed by atoms with Crippen LogP contribution in [0.2, 0.25) is 0 Å². The summed E-state index contributed by atoms with van der Waals surface area (Å²) in [7, 11) is 2.00. The second-order valence-corrected chi connectivity index (χ2v) is 7.51. The SMILES string of the molecule is CN(Cc1ccccc1)C[C@H](O)COc1ccc(CNCCOc2cccnc2)cc1. The molecule has 2 aromatic carbocycles. The van der Waals surface area contributed by atoms with Gasteiger partial charge in [-0.25, -0.2) is 0 Å². The average molecular weight is 422 g/mol. The fourth-order valence-electron chi connectivity index (χ4n) is 3.17. The van der Waals surface area contributed by atoms with E-state index < -0.39 is 6.10 Å². The molecule has 2 N–H and O–H groups in total. The van der Waals surface area contributed by atoms with Crippen LogP contribution >= 0.6 is 0 Å². The van der Waals surface area contributed by atoms with E-state index in [1.165, 1.54) is 5.56 Å². The first-order chi connectivity index (χ1) is 15.2. The quantitative estimate of drug-likeness (QED) is 0.414. The molecule has 1 aromatic heterocycles. The maximum Gasteiger partial charge on any atom is 0.137 e. The molecule has 0 fully saturated rings. The Labute approximate surface area is 184 Å². The van der Waals surface area contributed by atoms with Crippen molar-refractivity contribution in [3.8, 4) is 11.5 Å². The van der Waals surface area contributed by atoms with Crippen LogP contribution in [-0.4, -0.2) is 54.4 Å². The van der Waals surface area contributed by atoms with Gasteiger partial charge in [-0.2, -0.15) is 0 Å². The average Bonchev–Trinajstić information content (AvgIpc) is 2.79. The maximum atomic E-state index is 10.3. The number of likely N-dealkylation sites (N-methyl/N-ethyl adjacent to an activating group) is 1. The van der Waals surface area contributed by atoms with Gasteiger partial charge in [-0.05, 0) is 42.4 Å². The van der Waals surface area contributed by atoms with E-state index in [2.05, 4.69) is 27.3 Å². The summed E-state index contributed by atoms with van der Waals surface area (Å²) in [5.74, 6) is 1.53. The van der Waals surface area contributed by atoms with Crippen LogP contribution in [0.5, 0.6) is 11.5 Å². The zero-order valence-electron chi connectivity index (χ0n) is 18.0. The predicted molar refractivity (Wildman–Crippen MR) is 122 cm³/mol.